The molecule has 2 aromatic carbocycles. The summed E-state index contributed by atoms with van der Waals surface area (Å²) in [6.07, 6.45) is 10.9. The Morgan fingerprint density at radius 1 is 0.967 bits per heavy atom. The number of nitrogens with zero attached hydrogens (tertiary/aromatic N) is 1. The van der Waals surface area contributed by atoms with Crippen LogP contribution in [-0.4, -0.2) is 17.2 Å². The molecule has 1 N–H and O–H groups in total. The minimum absolute atomic E-state index is 0.0990. The Bertz CT molecular complexity index is 951. The number of benzene rings is 2. The molecule has 1 aromatic heterocycles. The van der Waals surface area contributed by atoms with Crippen molar-refractivity contribution < 1.29 is 9.63 Å². The van der Waals surface area contributed by atoms with Crippen LogP contribution in [0.4, 0.5) is 5.69 Å². The molecule has 0 unspecified atom stereocenters. The summed E-state index contributed by atoms with van der Waals surface area (Å²) in [6.45, 7) is 2.92. The molecule has 0 saturated heterocycles. The number of fused-ring (bicyclic) bond motifs is 1. The van der Waals surface area contributed by atoms with Crippen molar-refractivity contribution in [3.63, 3.8) is 0 Å². The zero-order chi connectivity index (χ0) is 21.2. The van der Waals surface area contributed by atoms with Gasteiger partial charge in [0.05, 0.1) is 22.6 Å². The summed E-state index contributed by atoms with van der Waals surface area (Å²) < 4.78 is 1.81. The number of hydrogen-bond donors (Lipinski definition) is 1. The summed E-state index contributed by atoms with van der Waals surface area (Å²) in [5, 5.41) is 4.46. The summed E-state index contributed by atoms with van der Waals surface area (Å²) in [5.74, 6) is -0.0990. The molecule has 160 valence electrons. The molecule has 0 saturated carbocycles. The van der Waals surface area contributed by atoms with E-state index < -0.39 is 0 Å². The van der Waals surface area contributed by atoms with Gasteiger partial charge >= 0.3 is 0 Å². The van der Waals surface area contributed by atoms with Crippen molar-refractivity contribution in [1.29, 1.82) is 0 Å². The largest absolute Gasteiger partial charge is 0.414 e. The quantitative estimate of drug-likeness (QED) is 0.329. The number of para-hydroxylation sites is 2. The highest BCUT2D eigenvalue weighted by Crippen LogP contribution is 2.23. The van der Waals surface area contributed by atoms with Crippen LogP contribution in [-0.2, 0) is 11.2 Å². The summed E-state index contributed by atoms with van der Waals surface area (Å²) >= 11 is 6.15. The van der Waals surface area contributed by atoms with Gasteiger partial charge in [0.2, 0.25) is 5.91 Å². The molecule has 0 radical (unpaired) electrons. The van der Waals surface area contributed by atoms with E-state index in [1.54, 1.807) is 12.1 Å². The third-order valence-corrected chi connectivity index (χ3v) is 5.57. The van der Waals surface area contributed by atoms with Crippen LogP contribution in [0.3, 0.4) is 0 Å². The fourth-order valence-corrected chi connectivity index (χ4v) is 3.80. The lowest BCUT2D eigenvalue weighted by molar-refractivity contribution is -0.115. The molecule has 3 aromatic rings. The van der Waals surface area contributed by atoms with E-state index in [-0.39, 0.29) is 12.3 Å². The van der Waals surface area contributed by atoms with Crippen molar-refractivity contribution >= 4 is 34.1 Å². The first kappa shape index (κ1) is 22.2. The van der Waals surface area contributed by atoms with Crippen molar-refractivity contribution in [3.05, 3.63) is 65.3 Å². The average Bonchev–Trinajstić information content (AvgIpc) is 3.09. The summed E-state index contributed by atoms with van der Waals surface area (Å²) in [5.41, 5.74) is 2.55. The highest BCUT2D eigenvalue weighted by atomic mass is 35.5. The lowest BCUT2D eigenvalue weighted by Gasteiger charge is -2.08. The Hall–Kier alpha value is -2.46. The molecule has 0 aliphatic carbocycles. The van der Waals surface area contributed by atoms with Crippen molar-refractivity contribution in [1.82, 2.24) is 4.73 Å². The topological polar surface area (TPSA) is 43.3 Å². The Labute approximate surface area is 184 Å². The predicted octanol–water partition coefficient (Wildman–Crippen LogP) is 6.66. The van der Waals surface area contributed by atoms with Gasteiger partial charge in [-0.3, -0.25) is 4.79 Å². The fourth-order valence-electron chi connectivity index (χ4n) is 3.62. The minimum Gasteiger partial charge on any atom is -0.414 e. The second-order valence-electron chi connectivity index (χ2n) is 7.66. The maximum Gasteiger partial charge on any atom is 0.228 e. The minimum atomic E-state index is -0.0990. The Morgan fingerprint density at radius 2 is 1.67 bits per heavy atom. The van der Waals surface area contributed by atoms with Crippen molar-refractivity contribution in [2.24, 2.45) is 0 Å². The zero-order valence-electron chi connectivity index (χ0n) is 17.7. The van der Waals surface area contributed by atoms with Gasteiger partial charge in [-0.2, -0.15) is 4.73 Å². The Morgan fingerprint density at radius 3 is 2.47 bits per heavy atom. The SMILES string of the molecule is CCCCCCCCCOn1cc(CC(=O)Nc2ccccc2Cl)c2ccccc21. The number of carbonyl (C=O) groups excluding carboxylic acids is 1. The molecule has 30 heavy (non-hydrogen) atoms. The number of carbonyl (C=O) groups is 1. The summed E-state index contributed by atoms with van der Waals surface area (Å²) in [4.78, 5) is 18.6. The number of nitrogens with one attached hydrogen (secondary N) is 1. The van der Waals surface area contributed by atoms with E-state index >= 15 is 0 Å². The van der Waals surface area contributed by atoms with Gasteiger partial charge in [-0.25, -0.2) is 0 Å². The van der Waals surface area contributed by atoms with Gasteiger partial charge in [-0.15, -0.1) is 0 Å². The van der Waals surface area contributed by atoms with Crippen LogP contribution in [0.15, 0.2) is 54.7 Å². The van der Waals surface area contributed by atoms with Crippen molar-refractivity contribution in [2.75, 3.05) is 11.9 Å². The monoisotopic (exact) mass is 426 g/mol. The number of anilines is 1. The Kier molecular flexibility index (Phi) is 8.64. The molecule has 0 spiro atoms. The fraction of sp³-hybridized carbons (Fsp3) is 0.400. The van der Waals surface area contributed by atoms with Gasteiger partial charge in [0.25, 0.3) is 0 Å². The first-order valence-corrected chi connectivity index (χ1v) is 11.3. The van der Waals surface area contributed by atoms with Crippen LogP contribution in [0.5, 0.6) is 0 Å². The number of halogens is 1. The highest BCUT2D eigenvalue weighted by molar-refractivity contribution is 6.33. The van der Waals surface area contributed by atoms with Gasteiger partial charge in [-0.1, -0.05) is 81.0 Å². The molecule has 0 aliphatic heterocycles. The molecule has 5 heteroatoms. The summed E-state index contributed by atoms with van der Waals surface area (Å²) in [6, 6.07) is 15.3. The van der Waals surface area contributed by atoms with Gasteiger partial charge in [0.15, 0.2) is 0 Å². The molecule has 4 nitrogen and oxygen atoms in total. The molecular weight excluding hydrogens is 396 g/mol. The maximum atomic E-state index is 12.6. The predicted molar refractivity (Wildman–Crippen MR) is 125 cm³/mol. The van der Waals surface area contributed by atoms with E-state index in [0.717, 1.165) is 22.9 Å². The molecule has 0 aliphatic rings. The van der Waals surface area contributed by atoms with Gasteiger partial charge in [0.1, 0.15) is 6.61 Å². The molecule has 0 bridgehead atoms. The number of unbranched alkanes of at least 4 members (excludes halogenated alkanes) is 6. The molecule has 0 fully saturated rings. The van der Waals surface area contributed by atoms with E-state index in [2.05, 4.69) is 12.2 Å². The second kappa shape index (κ2) is 11.7. The number of aromatic nitrogens is 1. The number of rotatable bonds is 12. The first-order chi connectivity index (χ1) is 14.7. The van der Waals surface area contributed by atoms with Gasteiger partial charge in [-0.05, 0) is 36.6 Å². The lowest BCUT2D eigenvalue weighted by atomic mass is 10.1. The van der Waals surface area contributed by atoms with Crippen LogP contribution in [0.25, 0.3) is 10.9 Å². The third kappa shape index (κ3) is 6.27. The number of amides is 1. The van der Waals surface area contributed by atoms with E-state index in [1.165, 1.54) is 38.5 Å². The first-order valence-electron chi connectivity index (χ1n) is 11.0. The van der Waals surface area contributed by atoms with Crippen LogP contribution >= 0.6 is 11.6 Å². The normalized spacial score (nSPS) is 11.0. The van der Waals surface area contributed by atoms with Crippen molar-refractivity contribution in [3.8, 4) is 0 Å². The average molecular weight is 427 g/mol. The van der Waals surface area contributed by atoms with Crippen LogP contribution in [0.1, 0.15) is 57.4 Å². The van der Waals surface area contributed by atoms with Crippen LogP contribution < -0.4 is 10.2 Å². The van der Waals surface area contributed by atoms with Crippen molar-refractivity contribution in [2.45, 2.75) is 58.3 Å². The van der Waals surface area contributed by atoms with E-state index in [1.807, 2.05) is 47.3 Å². The van der Waals surface area contributed by atoms with E-state index in [0.29, 0.717) is 17.3 Å². The molecule has 3 rings (SSSR count). The molecule has 0 atom stereocenters. The third-order valence-electron chi connectivity index (χ3n) is 5.24. The van der Waals surface area contributed by atoms with E-state index in [4.69, 9.17) is 16.4 Å². The summed E-state index contributed by atoms with van der Waals surface area (Å²) in [7, 11) is 0. The van der Waals surface area contributed by atoms with Crippen LogP contribution in [0.2, 0.25) is 5.02 Å². The molecular formula is C25H31ClN2O2. The second-order valence-corrected chi connectivity index (χ2v) is 8.06. The van der Waals surface area contributed by atoms with Gasteiger partial charge < -0.3 is 10.2 Å². The zero-order valence-corrected chi connectivity index (χ0v) is 18.5. The highest BCUT2D eigenvalue weighted by Gasteiger charge is 2.13. The van der Waals surface area contributed by atoms with E-state index in [9.17, 15) is 4.79 Å². The molecule has 1 heterocycles. The van der Waals surface area contributed by atoms with Crippen LogP contribution in [0, 0.1) is 0 Å². The van der Waals surface area contributed by atoms with Gasteiger partial charge in [0, 0.05) is 11.6 Å². The molecule has 1 amide bonds. The number of hydrogen-bond acceptors (Lipinski definition) is 2. The maximum absolute atomic E-state index is 12.6. The Balaban J connectivity index is 1.57. The smallest absolute Gasteiger partial charge is 0.228 e. The lowest BCUT2D eigenvalue weighted by Crippen LogP contribution is -2.15. The standard InChI is InChI=1S/C25H31ClN2O2/c1-2-3-4-5-6-7-12-17-30-28-19-20(21-13-8-11-16-24(21)28)18-25(29)27-23-15-10-9-14-22(23)26/h8-11,13-16,19H,2-7,12,17-18H2,1H3,(H,27,29).